The lowest BCUT2D eigenvalue weighted by atomic mass is 10.0. The molecule has 0 unspecified atom stereocenters. The molecule has 35 heavy (non-hydrogen) atoms. The number of carbonyl (C=O) groups is 1. The summed E-state index contributed by atoms with van der Waals surface area (Å²) in [6.07, 6.45) is 1.64. The van der Waals surface area contributed by atoms with E-state index in [2.05, 4.69) is 24.4 Å². The van der Waals surface area contributed by atoms with Gasteiger partial charge in [-0.3, -0.25) is 4.79 Å². The number of hydrogen-bond donors (Lipinski definition) is 2. The van der Waals surface area contributed by atoms with Crippen LogP contribution in [0.1, 0.15) is 23.6 Å². The molecule has 0 spiro atoms. The molecule has 2 aromatic carbocycles. The number of aryl methyl sites for hydroxylation is 1. The fraction of sp³-hybridized carbons (Fsp3) is 0.308. The Morgan fingerprint density at radius 3 is 2.54 bits per heavy atom. The van der Waals surface area contributed by atoms with E-state index in [9.17, 15) is 18.8 Å². The summed E-state index contributed by atoms with van der Waals surface area (Å²) in [5, 5.41) is 15.4. The van der Waals surface area contributed by atoms with E-state index in [-0.39, 0.29) is 18.7 Å². The minimum Gasteiger partial charge on any atom is -0.618 e. The number of nitrogens with two attached hydrogens (primary N) is 1. The molecule has 2 atom stereocenters. The molecule has 1 aromatic heterocycles. The summed E-state index contributed by atoms with van der Waals surface area (Å²) >= 11 is 1.06. The Kier molecular flexibility index (Phi) is 10.0. The standard InChI is InChI=1S/C26H29F2N3O3S/c1-2-18-6-5-7-19(10-18)15-30-16-24(23(29)13-20-11-21(27)14-22(28)12-20)34-26(32)17-35-25-8-3-4-9-31(25)33/h3-12,14,23-24,30H,2,13,15-17,29H2,1H3/t23-,24+/m0/s1. The van der Waals surface area contributed by atoms with Gasteiger partial charge < -0.3 is 21.0 Å². The van der Waals surface area contributed by atoms with Gasteiger partial charge in [0.2, 0.25) is 0 Å². The first-order valence-corrected chi connectivity index (χ1v) is 12.3. The molecular weight excluding hydrogens is 472 g/mol. The molecule has 3 rings (SSSR count). The molecule has 0 aliphatic rings. The lowest BCUT2D eigenvalue weighted by Gasteiger charge is -2.25. The number of nitrogens with zero attached hydrogens (tertiary/aromatic N) is 1. The van der Waals surface area contributed by atoms with Gasteiger partial charge in [0.15, 0.2) is 6.20 Å². The SMILES string of the molecule is CCc1cccc(CNC[C@@H](OC(=O)CSc2cccc[n+]2[O-])[C@@H](N)Cc2cc(F)cc(F)c2)c1. The van der Waals surface area contributed by atoms with Gasteiger partial charge in [-0.15, -0.1) is 0 Å². The molecule has 1 heterocycles. The molecular formula is C26H29F2N3O3S. The first-order valence-electron chi connectivity index (χ1n) is 11.3. The number of aromatic nitrogens is 1. The van der Waals surface area contributed by atoms with Crippen molar-refractivity contribution < 1.29 is 23.0 Å². The highest BCUT2D eigenvalue weighted by atomic mass is 32.2. The molecule has 0 radical (unpaired) electrons. The minimum absolute atomic E-state index is 0.0807. The maximum absolute atomic E-state index is 13.6. The number of rotatable bonds is 12. The van der Waals surface area contributed by atoms with Crippen LogP contribution in [0.3, 0.4) is 0 Å². The van der Waals surface area contributed by atoms with Crippen LogP contribution in [0.25, 0.3) is 0 Å². The predicted octanol–water partition coefficient (Wildman–Crippen LogP) is 3.52. The van der Waals surface area contributed by atoms with Crippen LogP contribution in [0.5, 0.6) is 0 Å². The maximum Gasteiger partial charge on any atom is 0.316 e. The van der Waals surface area contributed by atoms with Crippen molar-refractivity contribution in [3.63, 3.8) is 0 Å². The number of esters is 1. The fourth-order valence-electron chi connectivity index (χ4n) is 3.59. The van der Waals surface area contributed by atoms with E-state index in [1.54, 1.807) is 18.2 Å². The summed E-state index contributed by atoms with van der Waals surface area (Å²) in [5.74, 6) is -2.01. The molecule has 3 aromatic rings. The van der Waals surface area contributed by atoms with Crippen LogP contribution in [-0.2, 0) is 28.9 Å². The van der Waals surface area contributed by atoms with Gasteiger partial charge in [0.25, 0.3) is 5.03 Å². The van der Waals surface area contributed by atoms with Crippen LogP contribution in [-0.4, -0.2) is 30.4 Å². The molecule has 0 bridgehead atoms. The van der Waals surface area contributed by atoms with Crippen molar-refractivity contribution in [3.05, 3.63) is 100 Å². The van der Waals surface area contributed by atoms with Crippen molar-refractivity contribution in [2.45, 2.75) is 43.5 Å². The van der Waals surface area contributed by atoms with Gasteiger partial charge in [0, 0.05) is 37.3 Å². The van der Waals surface area contributed by atoms with E-state index >= 15 is 0 Å². The van der Waals surface area contributed by atoms with E-state index in [0.29, 0.717) is 21.9 Å². The van der Waals surface area contributed by atoms with Crippen molar-refractivity contribution in [2.75, 3.05) is 12.3 Å². The molecule has 0 fully saturated rings. The van der Waals surface area contributed by atoms with Crippen LogP contribution >= 0.6 is 11.8 Å². The van der Waals surface area contributed by atoms with Gasteiger partial charge in [0.1, 0.15) is 23.5 Å². The average molecular weight is 502 g/mol. The van der Waals surface area contributed by atoms with Crippen molar-refractivity contribution >= 4 is 17.7 Å². The van der Waals surface area contributed by atoms with Crippen molar-refractivity contribution in [1.82, 2.24) is 5.32 Å². The molecule has 0 aliphatic carbocycles. The smallest absolute Gasteiger partial charge is 0.316 e. The van der Waals surface area contributed by atoms with Gasteiger partial charge in [-0.2, -0.15) is 4.73 Å². The number of nitrogens with one attached hydrogen (secondary N) is 1. The number of pyridine rings is 1. The zero-order valence-electron chi connectivity index (χ0n) is 19.5. The van der Waals surface area contributed by atoms with Gasteiger partial charge in [-0.25, -0.2) is 8.78 Å². The summed E-state index contributed by atoms with van der Waals surface area (Å²) in [6.45, 7) is 2.87. The highest BCUT2D eigenvalue weighted by Gasteiger charge is 2.23. The second-order valence-electron chi connectivity index (χ2n) is 8.13. The summed E-state index contributed by atoms with van der Waals surface area (Å²) in [6, 6.07) is 15.6. The second kappa shape index (κ2) is 13.2. The molecule has 186 valence electrons. The van der Waals surface area contributed by atoms with Crippen molar-refractivity contribution in [2.24, 2.45) is 5.73 Å². The molecule has 0 saturated carbocycles. The zero-order valence-corrected chi connectivity index (χ0v) is 20.3. The second-order valence-corrected chi connectivity index (χ2v) is 9.13. The maximum atomic E-state index is 13.6. The summed E-state index contributed by atoms with van der Waals surface area (Å²) in [4.78, 5) is 12.6. The average Bonchev–Trinajstić information content (AvgIpc) is 2.82. The van der Waals surface area contributed by atoms with E-state index < -0.39 is 29.7 Å². The molecule has 3 N–H and O–H groups in total. The van der Waals surface area contributed by atoms with E-state index in [0.717, 1.165) is 29.8 Å². The largest absolute Gasteiger partial charge is 0.618 e. The van der Waals surface area contributed by atoms with Gasteiger partial charge >= 0.3 is 5.97 Å². The monoisotopic (exact) mass is 501 g/mol. The fourth-order valence-corrected chi connectivity index (χ4v) is 4.29. The first kappa shape index (κ1) is 26.6. The van der Waals surface area contributed by atoms with E-state index in [1.807, 2.05) is 12.1 Å². The molecule has 0 amide bonds. The van der Waals surface area contributed by atoms with Crippen LogP contribution in [0.4, 0.5) is 8.78 Å². The third-order valence-electron chi connectivity index (χ3n) is 5.35. The molecule has 0 aliphatic heterocycles. The number of benzene rings is 2. The topological polar surface area (TPSA) is 91.3 Å². The van der Waals surface area contributed by atoms with Crippen molar-refractivity contribution in [3.8, 4) is 0 Å². The highest BCUT2D eigenvalue weighted by molar-refractivity contribution is 7.99. The number of thioether (sulfide) groups is 1. The Balaban J connectivity index is 1.64. The van der Waals surface area contributed by atoms with Crippen LogP contribution in [0.2, 0.25) is 0 Å². The third-order valence-corrected chi connectivity index (χ3v) is 6.35. The lowest BCUT2D eigenvalue weighted by Crippen LogP contribution is -2.46. The number of ether oxygens (including phenoxy) is 1. The van der Waals surface area contributed by atoms with Gasteiger partial charge in [0.05, 0.1) is 0 Å². The summed E-state index contributed by atoms with van der Waals surface area (Å²) < 4.78 is 33.6. The van der Waals surface area contributed by atoms with Crippen LogP contribution in [0.15, 0.2) is 71.9 Å². The minimum atomic E-state index is -0.751. The molecule has 6 nitrogen and oxygen atoms in total. The third kappa shape index (κ3) is 8.61. The molecule has 9 heteroatoms. The van der Waals surface area contributed by atoms with Crippen LogP contribution < -0.4 is 15.8 Å². The normalized spacial score (nSPS) is 12.8. The lowest BCUT2D eigenvalue weighted by molar-refractivity contribution is -0.645. The highest BCUT2D eigenvalue weighted by Crippen LogP contribution is 2.16. The van der Waals surface area contributed by atoms with E-state index in [4.69, 9.17) is 10.5 Å². The van der Waals surface area contributed by atoms with Gasteiger partial charge in [-0.05, 0) is 59.5 Å². The van der Waals surface area contributed by atoms with Crippen molar-refractivity contribution in [1.29, 1.82) is 0 Å². The Morgan fingerprint density at radius 1 is 1.09 bits per heavy atom. The van der Waals surface area contributed by atoms with E-state index in [1.165, 1.54) is 23.9 Å². The molecule has 0 saturated heterocycles. The predicted molar refractivity (Wildman–Crippen MR) is 132 cm³/mol. The number of halogens is 2. The summed E-state index contributed by atoms with van der Waals surface area (Å²) in [7, 11) is 0. The quantitative estimate of drug-likeness (QED) is 0.171. The zero-order chi connectivity index (χ0) is 25.2. The first-order chi connectivity index (χ1) is 16.8. The Bertz CT molecular complexity index is 1110. The number of carbonyl (C=O) groups excluding carboxylic acids is 1. The Labute approximate surface area is 208 Å². The number of hydrogen-bond acceptors (Lipinski definition) is 6. The summed E-state index contributed by atoms with van der Waals surface area (Å²) in [5.41, 5.74) is 9.00. The van der Waals surface area contributed by atoms with Gasteiger partial charge in [-0.1, -0.05) is 31.2 Å². The Morgan fingerprint density at radius 2 is 1.83 bits per heavy atom. The van der Waals surface area contributed by atoms with Crippen LogP contribution in [0, 0.1) is 16.8 Å². The Hall–Kier alpha value is -3.01.